The van der Waals surface area contributed by atoms with Gasteiger partial charge in [-0.25, -0.2) is 9.69 Å². The number of urea groups is 1. The number of rotatable bonds is 5. The van der Waals surface area contributed by atoms with Gasteiger partial charge in [0.2, 0.25) is 0 Å². The minimum Gasteiger partial charge on any atom is -0.488 e. The maximum atomic E-state index is 13.3. The molecule has 196 valence electrons. The molecule has 0 aliphatic carbocycles. The van der Waals surface area contributed by atoms with Gasteiger partial charge in [0.05, 0.1) is 16.3 Å². The summed E-state index contributed by atoms with van der Waals surface area (Å²) in [6.07, 6.45) is -3.60. The second-order valence-corrected chi connectivity index (χ2v) is 9.43. The van der Waals surface area contributed by atoms with Crippen molar-refractivity contribution in [1.29, 1.82) is 0 Å². The fraction of sp³-hybridized carbons (Fsp3) is 0.148. The van der Waals surface area contributed by atoms with Crippen LogP contribution in [0.2, 0.25) is 10.0 Å². The first-order valence-corrected chi connectivity index (χ1v) is 11.9. The summed E-state index contributed by atoms with van der Waals surface area (Å²) in [6, 6.07) is 11.4. The van der Waals surface area contributed by atoms with Gasteiger partial charge in [-0.1, -0.05) is 52.5 Å². The molecule has 0 bridgehead atoms. The van der Waals surface area contributed by atoms with Crippen molar-refractivity contribution in [2.24, 2.45) is 0 Å². The lowest BCUT2D eigenvalue weighted by atomic mass is 10.1. The topological polar surface area (TPSA) is 75.7 Å². The molecule has 1 heterocycles. The molecule has 1 saturated heterocycles. The summed E-state index contributed by atoms with van der Waals surface area (Å²) >= 11 is 12.2. The Hall–Kier alpha value is -3.82. The molecule has 1 N–H and O–H groups in total. The summed E-state index contributed by atoms with van der Waals surface area (Å²) in [5, 5.41) is 1.94. The molecule has 3 aromatic rings. The zero-order valence-electron chi connectivity index (χ0n) is 20.0. The third-order valence-corrected chi connectivity index (χ3v) is 6.12. The van der Waals surface area contributed by atoms with Gasteiger partial charge in [-0.05, 0) is 61.9 Å². The van der Waals surface area contributed by atoms with Crippen LogP contribution in [0.25, 0.3) is 6.08 Å². The van der Waals surface area contributed by atoms with E-state index in [-0.39, 0.29) is 28.0 Å². The number of barbiturate groups is 1. The lowest BCUT2D eigenvalue weighted by Crippen LogP contribution is -2.54. The van der Waals surface area contributed by atoms with Crippen molar-refractivity contribution in [3.05, 3.63) is 98.0 Å². The average molecular weight is 563 g/mol. The van der Waals surface area contributed by atoms with Gasteiger partial charge in [0, 0.05) is 10.6 Å². The predicted octanol–water partition coefficient (Wildman–Crippen LogP) is 6.87. The Morgan fingerprint density at radius 1 is 0.947 bits per heavy atom. The van der Waals surface area contributed by atoms with Crippen molar-refractivity contribution in [3.63, 3.8) is 0 Å². The molecular formula is C27H19Cl2F3N2O4. The Balaban J connectivity index is 1.71. The van der Waals surface area contributed by atoms with Gasteiger partial charge in [-0.3, -0.25) is 14.9 Å². The van der Waals surface area contributed by atoms with Gasteiger partial charge in [0.1, 0.15) is 17.9 Å². The molecule has 0 unspecified atom stereocenters. The highest BCUT2D eigenvalue weighted by atomic mass is 35.5. The largest absolute Gasteiger partial charge is 0.488 e. The molecule has 0 atom stereocenters. The third kappa shape index (κ3) is 5.84. The number of alkyl halides is 3. The van der Waals surface area contributed by atoms with Gasteiger partial charge in [-0.15, -0.1) is 0 Å². The smallest absolute Gasteiger partial charge is 0.416 e. The van der Waals surface area contributed by atoms with Gasteiger partial charge >= 0.3 is 12.2 Å². The number of anilines is 1. The second kappa shape index (κ2) is 10.5. The highest BCUT2D eigenvalue weighted by Gasteiger charge is 2.39. The van der Waals surface area contributed by atoms with Crippen molar-refractivity contribution < 1.29 is 32.3 Å². The molecule has 4 amide bonds. The van der Waals surface area contributed by atoms with Crippen LogP contribution in [0.15, 0.2) is 60.2 Å². The SMILES string of the molecule is Cc1cc(C)cc(COc2ccc(Cl)cc2/C=C2/C(=O)NC(=O)N(c3cc(C(F)(F)F)ccc3Cl)C2=O)c1. The molecule has 1 aliphatic rings. The maximum absolute atomic E-state index is 13.3. The van der Waals surface area contributed by atoms with Crippen LogP contribution in [0.3, 0.4) is 0 Å². The van der Waals surface area contributed by atoms with Crippen LogP contribution in [0.5, 0.6) is 5.75 Å². The Bertz CT molecular complexity index is 1480. The van der Waals surface area contributed by atoms with Crippen LogP contribution >= 0.6 is 23.2 Å². The molecule has 0 radical (unpaired) electrons. The monoisotopic (exact) mass is 562 g/mol. The number of nitrogens with zero attached hydrogens (tertiary/aromatic N) is 1. The van der Waals surface area contributed by atoms with Crippen LogP contribution in [0.4, 0.5) is 23.7 Å². The third-order valence-electron chi connectivity index (χ3n) is 5.56. The molecule has 0 spiro atoms. The fourth-order valence-corrected chi connectivity index (χ4v) is 4.35. The molecule has 38 heavy (non-hydrogen) atoms. The highest BCUT2D eigenvalue weighted by molar-refractivity contribution is 6.42. The van der Waals surface area contributed by atoms with E-state index >= 15 is 0 Å². The number of ether oxygens (including phenoxy) is 1. The lowest BCUT2D eigenvalue weighted by Gasteiger charge is -2.27. The van der Waals surface area contributed by atoms with Crippen LogP contribution in [0.1, 0.15) is 27.8 Å². The van der Waals surface area contributed by atoms with E-state index in [1.807, 2.05) is 37.4 Å². The summed E-state index contributed by atoms with van der Waals surface area (Å²) in [7, 11) is 0. The van der Waals surface area contributed by atoms with Crippen molar-refractivity contribution in [3.8, 4) is 5.75 Å². The summed E-state index contributed by atoms with van der Waals surface area (Å²) in [5.74, 6) is -1.93. The predicted molar refractivity (Wildman–Crippen MR) is 137 cm³/mol. The molecule has 3 aromatic carbocycles. The number of benzene rings is 3. The fourth-order valence-electron chi connectivity index (χ4n) is 3.97. The number of imide groups is 2. The van der Waals surface area contributed by atoms with Crippen molar-refractivity contribution >= 4 is 52.8 Å². The van der Waals surface area contributed by atoms with Crippen molar-refractivity contribution in [2.45, 2.75) is 26.6 Å². The molecule has 0 saturated carbocycles. The van der Waals surface area contributed by atoms with E-state index in [1.54, 1.807) is 12.1 Å². The lowest BCUT2D eigenvalue weighted by molar-refractivity contribution is -0.137. The standard InChI is InChI=1S/C27H19Cl2F3N2O4/c1-14-7-15(2)9-16(8-14)13-38-23-6-4-19(28)10-17(23)11-20-24(35)33-26(37)34(25(20)36)22-12-18(27(30,31)32)3-5-21(22)29/h3-12H,13H2,1-2H3,(H,33,35,37)/b20-11-. The molecule has 1 fully saturated rings. The summed E-state index contributed by atoms with van der Waals surface area (Å²) in [6.45, 7) is 4.07. The summed E-state index contributed by atoms with van der Waals surface area (Å²) in [4.78, 5) is 38.8. The Labute approximate surface area is 225 Å². The number of carbonyl (C=O) groups excluding carboxylic acids is 3. The average Bonchev–Trinajstić information content (AvgIpc) is 2.81. The molecular weight excluding hydrogens is 544 g/mol. The Morgan fingerprint density at radius 2 is 1.63 bits per heavy atom. The normalized spacial score (nSPS) is 15.2. The minimum atomic E-state index is -4.76. The van der Waals surface area contributed by atoms with Gasteiger partial charge < -0.3 is 4.74 Å². The van der Waals surface area contributed by atoms with Crippen LogP contribution in [0, 0.1) is 13.8 Å². The van der Waals surface area contributed by atoms with E-state index in [0.29, 0.717) is 17.0 Å². The maximum Gasteiger partial charge on any atom is 0.416 e. The van der Waals surface area contributed by atoms with Crippen LogP contribution < -0.4 is 15.0 Å². The number of carbonyl (C=O) groups is 3. The van der Waals surface area contributed by atoms with Crippen molar-refractivity contribution in [2.75, 3.05) is 4.90 Å². The minimum absolute atomic E-state index is 0.172. The van der Waals surface area contributed by atoms with Crippen LogP contribution in [-0.4, -0.2) is 17.8 Å². The van der Waals surface area contributed by atoms with Gasteiger partial charge in [0.15, 0.2) is 0 Å². The molecule has 4 rings (SSSR count). The van der Waals surface area contributed by atoms with Gasteiger partial charge in [-0.2, -0.15) is 13.2 Å². The first-order valence-electron chi connectivity index (χ1n) is 11.1. The number of halogens is 5. The van der Waals surface area contributed by atoms with Crippen molar-refractivity contribution in [1.82, 2.24) is 5.32 Å². The molecule has 1 aliphatic heterocycles. The molecule has 6 nitrogen and oxygen atoms in total. The summed E-state index contributed by atoms with van der Waals surface area (Å²) < 4.78 is 45.7. The first-order chi connectivity index (χ1) is 17.8. The highest BCUT2D eigenvalue weighted by Crippen LogP contribution is 2.37. The number of aryl methyl sites for hydroxylation is 2. The number of nitrogens with one attached hydrogen (secondary N) is 1. The zero-order valence-corrected chi connectivity index (χ0v) is 21.5. The molecule has 11 heteroatoms. The Kier molecular flexibility index (Phi) is 7.53. The number of hydrogen-bond donors (Lipinski definition) is 1. The Morgan fingerprint density at radius 3 is 2.29 bits per heavy atom. The van der Waals surface area contributed by atoms with Crippen LogP contribution in [-0.2, 0) is 22.4 Å². The van der Waals surface area contributed by atoms with E-state index in [0.717, 1.165) is 28.8 Å². The molecule has 0 aromatic heterocycles. The zero-order chi connectivity index (χ0) is 27.8. The van der Waals surface area contributed by atoms with Gasteiger partial charge in [0.25, 0.3) is 11.8 Å². The quantitative estimate of drug-likeness (QED) is 0.272. The van der Waals surface area contributed by atoms with E-state index in [9.17, 15) is 27.6 Å². The second-order valence-electron chi connectivity index (χ2n) is 8.59. The van der Waals surface area contributed by atoms with E-state index in [4.69, 9.17) is 27.9 Å². The van der Waals surface area contributed by atoms with E-state index in [1.165, 1.54) is 6.07 Å². The number of hydrogen-bond acceptors (Lipinski definition) is 4. The summed E-state index contributed by atoms with van der Waals surface area (Å²) in [5.41, 5.74) is 1.03. The van der Waals surface area contributed by atoms with E-state index < -0.39 is 40.8 Å². The number of amides is 4. The van der Waals surface area contributed by atoms with E-state index in [2.05, 4.69) is 0 Å². The first kappa shape index (κ1) is 27.2.